The van der Waals surface area contributed by atoms with E-state index in [9.17, 15) is 0 Å². The van der Waals surface area contributed by atoms with E-state index < -0.39 is 5.41 Å². The predicted molar refractivity (Wildman–Crippen MR) is 275 cm³/mol. The van der Waals surface area contributed by atoms with Crippen molar-refractivity contribution in [2.24, 2.45) is 0 Å². The Labute approximate surface area is 387 Å². The maximum atomic E-state index is 5.28. The molecule has 0 spiro atoms. The summed E-state index contributed by atoms with van der Waals surface area (Å²) in [4.78, 5) is 15.8. The Balaban J connectivity index is 0.948. The van der Waals surface area contributed by atoms with Crippen LogP contribution in [0.5, 0.6) is 0 Å². The van der Waals surface area contributed by atoms with E-state index >= 15 is 0 Å². The van der Waals surface area contributed by atoms with Gasteiger partial charge in [-0.25, -0.2) is 15.0 Å². The highest BCUT2D eigenvalue weighted by atomic mass is 32.1. The Hall–Kier alpha value is -8.31. The second-order valence-corrected chi connectivity index (χ2v) is 18.2. The van der Waals surface area contributed by atoms with Crippen LogP contribution in [0, 0.1) is 0 Å². The lowest BCUT2D eigenvalue weighted by Gasteiger charge is -2.33. The van der Waals surface area contributed by atoms with Crippen LogP contribution in [0.25, 0.3) is 98.5 Å². The SMILES string of the molecule is c1ccc(C2(c3ccccc3)c3ccccc3-c3cc(-c4nc(-c5ccc(-c6ccc7c(c6)sc6ccccc67)cc5)nc(-c5ccc(-c6cccc7ccccc67)cc5)n4)ccc32)cc1. The minimum absolute atomic E-state index is 0.489. The van der Waals surface area contributed by atoms with Gasteiger partial charge in [0.15, 0.2) is 17.5 Å². The summed E-state index contributed by atoms with van der Waals surface area (Å²) in [5.41, 5.74) is 14.4. The van der Waals surface area contributed by atoms with Crippen LogP contribution in [0.1, 0.15) is 22.3 Å². The van der Waals surface area contributed by atoms with Gasteiger partial charge in [0.25, 0.3) is 0 Å². The third-order valence-electron chi connectivity index (χ3n) is 13.5. The average Bonchev–Trinajstić information content (AvgIpc) is 3.92. The zero-order valence-electron chi connectivity index (χ0n) is 35.8. The lowest BCUT2D eigenvalue weighted by Crippen LogP contribution is -2.28. The Morgan fingerprint density at radius 3 is 1.52 bits per heavy atom. The number of thiophene rings is 1. The van der Waals surface area contributed by atoms with E-state index in [1.165, 1.54) is 75.5 Å². The molecule has 0 aliphatic heterocycles. The van der Waals surface area contributed by atoms with Crippen molar-refractivity contribution in [3.8, 4) is 67.5 Å². The molecule has 10 aromatic carbocycles. The second kappa shape index (κ2) is 15.4. The van der Waals surface area contributed by atoms with Crippen molar-refractivity contribution < 1.29 is 0 Å². The summed E-state index contributed by atoms with van der Waals surface area (Å²) in [7, 11) is 0. The molecule has 4 heteroatoms. The molecule has 0 saturated heterocycles. The molecule has 2 aromatic heterocycles. The summed E-state index contributed by atoms with van der Waals surface area (Å²) < 4.78 is 2.60. The lowest BCUT2D eigenvalue weighted by atomic mass is 9.67. The molecule has 308 valence electrons. The molecule has 0 atom stereocenters. The van der Waals surface area contributed by atoms with Gasteiger partial charge in [0.05, 0.1) is 5.41 Å². The summed E-state index contributed by atoms with van der Waals surface area (Å²) in [6.45, 7) is 0. The van der Waals surface area contributed by atoms with Crippen molar-refractivity contribution in [3.05, 3.63) is 259 Å². The van der Waals surface area contributed by atoms with Crippen molar-refractivity contribution in [1.29, 1.82) is 0 Å². The van der Waals surface area contributed by atoms with E-state index in [1.807, 2.05) is 11.3 Å². The van der Waals surface area contributed by atoms with Gasteiger partial charge in [-0.15, -0.1) is 11.3 Å². The van der Waals surface area contributed by atoms with Gasteiger partial charge in [-0.05, 0) is 84.6 Å². The number of aromatic nitrogens is 3. The monoisotopic (exact) mass is 857 g/mol. The zero-order chi connectivity index (χ0) is 43.6. The summed E-state index contributed by atoms with van der Waals surface area (Å²) in [6.07, 6.45) is 0. The first kappa shape index (κ1) is 38.2. The summed E-state index contributed by atoms with van der Waals surface area (Å²) in [5, 5.41) is 5.06. The van der Waals surface area contributed by atoms with Gasteiger partial charge in [0.1, 0.15) is 0 Å². The number of hydrogen-bond acceptors (Lipinski definition) is 4. The maximum absolute atomic E-state index is 5.28. The summed E-state index contributed by atoms with van der Waals surface area (Å²) in [5.74, 6) is 1.88. The molecular weight excluding hydrogens is 819 g/mol. The molecule has 66 heavy (non-hydrogen) atoms. The molecule has 0 N–H and O–H groups in total. The Morgan fingerprint density at radius 1 is 0.288 bits per heavy atom. The smallest absolute Gasteiger partial charge is 0.164 e. The molecule has 0 unspecified atom stereocenters. The van der Waals surface area contributed by atoms with Crippen molar-refractivity contribution in [2.45, 2.75) is 5.41 Å². The van der Waals surface area contributed by atoms with Crippen molar-refractivity contribution in [2.75, 3.05) is 0 Å². The molecule has 12 aromatic rings. The number of nitrogens with zero attached hydrogens (tertiary/aromatic N) is 3. The van der Waals surface area contributed by atoms with Crippen molar-refractivity contribution in [1.82, 2.24) is 15.0 Å². The third-order valence-corrected chi connectivity index (χ3v) is 14.6. The van der Waals surface area contributed by atoms with Crippen LogP contribution in [-0.4, -0.2) is 15.0 Å². The quantitative estimate of drug-likeness (QED) is 0.160. The van der Waals surface area contributed by atoms with Gasteiger partial charge in [-0.2, -0.15) is 0 Å². The lowest BCUT2D eigenvalue weighted by molar-refractivity contribution is 0.768. The van der Waals surface area contributed by atoms with Crippen LogP contribution in [0.4, 0.5) is 0 Å². The Kier molecular flexibility index (Phi) is 8.93. The maximum Gasteiger partial charge on any atom is 0.164 e. The van der Waals surface area contributed by atoms with Crippen LogP contribution in [0.3, 0.4) is 0 Å². The highest BCUT2D eigenvalue weighted by Crippen LogP contribution is 2.56. The molecule has 0 amide bonds. The number of benzene rings is 10. The first-order valence-electron chi connectivity index (χ1n) is 22.4. The minimum atomic E-state index is -0.489. The van der Waals surface area contributed by atoms with Crippen LogP contribution in [0.2, 0.25) is 0 Å². The first-order valence-corrected chi connectivity index (χ1v) is 23.2. The van der Waals surface area contributed by atoms with Gasteiger partial charge in [0, 0.05) is 36.9 Å². The summed E-state index contributed by atoms with van der Waals surface area (Å²) in [6, 6.07) is 85.2. The van der Waals surface area contributed by atoms with E-state index in [4.69, 9.17) is 15.0 Å². The van der Waals surface area contributed by atoms with E-state index in [0.29, 0.717) is 17.5 Å². The minimum Gasteiger partial charge on any atom is -0.208 e. The Bertz CT molecular complexity index is 3760. The first-order chi connectivity index (χ1) is 32.7. The van der Waals surface area contributed by atoms with E-state index in [0.717, 1.165) is 27.8 Å². The topological polar surface area (TPSA) is 38.7 Å². The normalized spacial score (nSPS) is 12.7. The molecule has 0 saturated carbocycles. The summed E-state index contributed by atoms with van der Waals surface area (Å²) >= 11 is 1.84. The second-order valence-electron chi connectivity index (χ2n) is 17.1. The van der Waals surface area contributed by atoms with Gasteiger partial charge in [0.2, 0.25) is 0 Å². The fourth-order valence-corrected chi connectivity index (χ4v) is 11.5. The van der Waals surface area contributed by atoms with Gasteiger partial charge in [-0.1, -0.05) is 218 Å². The van der Waals surface area contributed by atoms with E-state index in [2.05, 4.69) is 237 Å². The van der Waals surface area contributed by atoms with Crippen LogP contribution < -0.4 is 0 Å². The van der Waals surface area contributed by atoms with Crippen LogP contribution in [-0.2, 0) is 5.41 Å². The zero-order valence-corrected chi connectivity index (χ0v) is 36.6. The number of rotatable bonds is 7. The van der Waals surface area contributed by atoms with E-state index in [1.54, 1.807) is 0 Å². The van der Waals surface area contributed by atoms with Gasteiger partial charge >= 0.3 is 0 Å². The van der Waals surface area contributed by atoms with Gasteiger partial charge < -0.3 is 0 Å². The fourth-order valence-electron chi connectivity index (χ4n) is 10.3. The highest BCUT2D eigenvalue weighted by Gasteiger charge is 2.46. The highest BCUT2D eigenvalue weighted by molar-refractivity contribution is 7.25. The molecule has 3 nitrogen and oxygen atoms in total. The standard InChI is InChI=1S/C62H39N3S/c1-3-16-47(17-4-1)62(48-18-5-2-6-19-48)55-24-11-9-21-51(55)54-38-46(35-37-56(54)62)61-64-59(43-30-26-40(27-31-43)45-34-36-53-52-22-10-12-25-57(52)66-58(53)39-45)63-60(65-61)44-32-28-42(29-33-44)50-23-13-15-41-14-7-8-20-49(41)50/h1-39H. The van der Waals surface area contributed by atoms with E-state index in [-0.39, 0.29) is 0 Å². The molecule has 0 bridgehead atoms. The average molecular weight is 858 g/mol. The van der Waals surface area contributed by atoms with Crippen molar-refractivity contribution in [3.63, 3.8) is 0 Å². The van der Waals surface area contributed by atoms with Crippen LogP contribution in [0.15, 0.2) is 237 Å². The molecule has 1 aliphatic rings. The largest absolute Gasteiger partial charge is 0.208 e. The molecular formula is C62H39N3S. The predicted octanol–water partition coefficient (Wildman–Crippen LogP) is 16.1. The van der Waals surface area contributed by atoms with Gasteiger partial charge in [-0.3, -0.25) is 0 Å². The van der Waals surface area contributed by atoms with Crippen LogP contribution >= 0.6 is 11.3 Å². The molecule has 13 rings (SSSR count). The molecule has 0 radical (unpaired) electrons. The molecule has 1 aliphatic carbocycles. The fraction of sp³-hybridized carbons (Fsp3) is 0.0161. The number of fused-ring (bicyclic) bond motifs is 7. The number of hydrogen-bond donors (Lipinski definition) is 0. The molecule has 0 fully saturated rings. The third kappa shape index (κ3) is 6.14. The Morgan fingerprint density at radius 2 is 0.788 bits per heavy atom. The van der Waals surface area contributed by atoms with Crippen molar-refractivity contribution >= 4 is 42.3 Å². The molecule has 2 heterocycles.